The highest BCUT2D eigenvalue weighted by Gasteiger charge is 2.57. The van der Waals surface area contributed by atoms with Gasteiger partial charge in [-0.05, 0) is 108 Å². The van der Waals surface area contributed by atoms with Crippen LogP contribution in [0.3, 0.4) is 0 Å². The van der Waals surface area contributed by atoms with E-state index in [0.717, 1.165) is 24.8 Å². The summed E-state index contributed by atoms with van der Waals surface area (Å²) >= 11 is 0. The van der Waals surface area contributed by atoms with Crippen LogP contribution in [0.1, 0.15) is 77.6 Å². The van der Waals surface area contributed by atoms with Crippen molar-refractivity contribution in [1.82, 2.24) is 0 Å². The lowest BCUT2D eigenvalue weighted by molar-refractivity contribution is -0.0325. The summed E-state index contributed by atoms with van der Waals surface area (Å²) in [5, 5.41) is 11.5. The van der Waals surface area contributed by atoms with Crippen LogP contribution in [0.25, 0.3) is 0 Å². The standard InChI is InChI=1S/C29H38BNO2/c1-29-12-11-24-23-9-7-18(5-3-13-30)14-20(23)8-10-25(24)26(29)17-22(27(29)32)16-19-4-2-6-21(15-19)28(31)33/h2,4,6-7,9,14-15,22,24-27,32H,3,5,8,10-13,16-17,30H2,1H3,(H2,31,33)/t22-,24+,25?,26-,27-,29-/m0/s1. The largest absolute Gasteiger partial charge is 0.392 e. The molecular formula is C29H38BNO2. The molecule has 2 fully saturated rings. The maximum atomic E-state index is 11.6. The molecule has 2 aromatic carbocycles. The van der Waals surface area contributed by atoms with Gasteiger partial charge in [-0.15, -0.1) is 0 Å². The first-order chi connectivity index (χ1) is 15.9. The first-order valence-electron chi connectivity index (χ1n) is 13.1. The van der Waals surface area contributed by atoms with E-state index >= 15 is 0 Å². The van der Waals surface area contributed by atoms with Crippen molar-refractivity contribution in [2.75, 3.05) is 0 Å². The molecule has 5 rings (SSSR count). The Kier molecular flexibility index (Phi) is 6.16. The zero-order valence-electron chi connectivity index (χ0n) is 20.2. The fourth-order valence-electron chi connectivity index (χ4n) is 7.67. The molecule has 3 N–H and O–H groups in total. The fourth-order valence-corrected chi connectivity index (χ4v) is 7.67. The van der Waals surface area contributed by atoms with E-state index < -0.39 is 0 Å². The minimum absolute atomic E-state index is 0.00566. The van der Waals surface area contributed by atoms with E-state index in [9.17, 15) is 9.90 Å². The van der Waals surface area contributed by atoms with Crippen molar-refractivity contribution in [3.05, 3.63) is 70.3 Å². The molecule has 33 heavy (non-hydrogen) atoms. The van der Waals surface area contributed by atoms with Gasteiger partial charge in [-0.1, -0.05) is 50.0 Å². The maximum Gasteiger partial charge on any atom is 0.248 e. The Labute approximate surface area is 199 Å². The average Bonchev–Trinajstić information content (AvgIpc) is 3.07. The summed E-state index contributed by atoms with van der Waals surface area (Å²) in [4.78, 5) is 11.6. The Hall–Kier alpha value is -2.07. The molecule has 0 spiro atoms. The van der Waals surface area contributed by atoms with Crippen molar-refractivity contribution in [3.8, 4) is 0 Å². The van der Waals surface area contributed by atoms with Gasteiger partial charge in [0.1, 0.15) is 7.85 Å². The SMILES string of the molecule is BCCCc1ccc2c(c1)CCC1[C@@H]2CC[C@@]2(C)[C@H]1C[C@H](Cc1cccc(C(N)=O)c1)[C@@H]2O. The molecule has 4 heteroatoms. The molecule has 0 radical (unpaired) electrons. The normalized spacial score (nSPS) is 32.6. The fraction of sp³-hybridized carbons (Fsp3) is 0.552. The van der Waals surface area contributed by atoms with E-state index in [0.29, 0.717) is 23.3 Å². The Morgan fingerprint density at radius 3 is 2.82 bits per heavy atom. The number of hydrogen-bond donors (Lipinski definition) is 2. The van der Waals surface area contributed by atoms with Gasteiger partial charge < -0.3 is 10.8 Å². The van der Waals surface area contributed by atoms with Crippen LogP contribution in [0.4, 0.5) is 0 Å². The first kappa shape index (κ1) is 22.7. The van der Waals surface area contributed by atoms with Crippen LogP contribution in [-0.2, 0) is 19.3 Å². The third kappa shape index (κ3) is 4.05. The van der Waals surface area contributed by atoms with Crippen molar-refractivity contribution in [2.45, 2.75) is 76.6 Å². The predicted molar refractivity (Wildman–Crippen MR) is 136 cm³/mol. The molecule has 2 aromatic rings. The Morgan fingerprint density at radius 1 is 1.18 bits per heavy atom. The number of carbonyl (C=O) groups excluding carboxylic acids is 1. The second-order valence-electron chi connectivity index (χ2n) is 11.3. The van der Waals surface area contributed by atoms with Crippen molar-refractivity contribution in [3.63, 3.8) is 0 Å². The van der Waals surface area contributed by atoms with E-state index in [1.54, 1.807) is 17.2 Å². The van der Waals surface area contributed by atoms with Crippen LogP contribution >= 0.6 is 0 Å². The monoisotopic (exact) mass is 443 g/mol. The summed E-state index contributed by atoms with van der Waals surface area (Å²) in [7, 11) is 2.26. The van der Waals surface area contributed by atoms with Crippen LogP contribution in [0.15, 0.2) is 42.5 Å². The third-order valence-electron chi connectivity index (χ3n) is 9.44. The van der Waals surface area contributed by atoms with Gasteiger partial charge >= 0.3 is 0 Å². The van der Waals surface area contributed by atoms with E-state index in [-0.39, 0.29) is 23.3 Å². The van der Waals surface area contributed by atoms with Gasteiger partial charge in [0.05, 0.1) is 6.10 Å². The number of rotatable bonds is 6. The first-order valence-corrected chi connectivity index (χ1v) is 13.1. The lowest BCUT2D eigenvalue weighted by atomic mass is 9.55. The molecule has 0 heterocycles. The molecule has 1 unspecified atom stereocenters. The highest BCUT2D eigenvalue weighted by molar-refractivity contribution is 6.08. The lowest BCUT2D eigenvalue weighted by Gasteiger charge is -2.50. The predicted octanol–water partition coefficient (Wildman–Crippen LogP) is 4.46. The molecule has 1 amide bonds. The summed E-state index contributed by atoms with van der Waals surface area (Å²) in [5.74, 6) is 1.76. The van der Waals surface area contributed by atoms with Gasteiger partial charge in [0.15, 0.2) is 0 Å². The number of fused-ring (bicyclic) bond motifs is 5. The number of aryl methyl sites for hydroxylation is 2. The smallest absolute Gasteiger partial charge is 0.248 e. The summed E-state index contributed by atoms with van der Waals surface area (Å²) in [6, 6.07) is 15.0. The van der Waals surface area contributed by atoms with E-state index in [1.807, 2.05) is 12.1 Å². The van der Waals surface area contributed by atoms with Crippen molar-refractivity contribution < 1.29 is 9.90 Å². The summed E-state index contributed by atoms with van der Waals surface area (Å²) in [6.07, 6.45) is 10.1. The molecule has 3 aliphatic carbocycles. The van der Waals surface area contributed by atoms with Crippen LogP contribution in [-0.4, -0.2) is 25.0 Å². The molecule has 0 aliphatic heterocycles. The molecular weight excluding hydrogens is 405 g/mol. The maximum absolute atomic E-state index is 11.6. The number of aliphatic hydroxyl groups excluding tert-OH is 1. The van der Waals surface area contributed by atoms with E-state index in [2.05, 4.69) is 39.0 Å². The topological polar surface area (TPSA) is 63.3 Å². The Morgan fingerprint density at radius 2 is 2.03 bits per heavy atom. The number of hydrogen-bond acceptors (Lipinski definition) is 2. The second-order valence-corrected chi connectivity index (χ2v) is 11.3. The Bertz CT molecular complexity index is 1040. The van der Waals surface area contributed by atoms with Crippen LogP contribution in [0.2, 0.25) is 6.32 Å². The number of primary amides is 1. The van der Waals surface area contributed by atoms with Gasteiger partial charge in [-0.2, -0.15) is 0 Å². The molecule has 174 valence electrons. The van der Waals surface area contributed by atoms with Crippen molar-refractivity contribution in [2.24, 2.45) is 28.9 Å². The van der Waals surface area contributed by atoms with Crippen LogP contribution in [0, 0.1) is 23.2 Å². The highest BCUT2D eigenvalue weighted by atomic mass is 16.3. The van der Waals surface area contributed by atoms with E-state index in [4.69, 9.17) is 5.73 Å². The molecule has 0 bridgehead atoms. The zero-order chi connectivity index (χ0) is 23.2. The van der Waals surface area contributed by atoms with Gasteiger partial charge in [0, 0.05) is 5.56 Å². The van der Waals surface area contributed by atoms with Gasteiger partial charge in [-0.3, -0.25) is 4.79 Å². The van der Waals surface area contributed by atoms with Crippen LogP contribution in [0.5, 0.6) is 0 Å². The van der Waals surface area contributed by atoms with Gasteiger partial charge in [0.25, 0.3) is 0 Å². The van der Waals surface area contributed by atoms with Crippen LogP contribution < -0.4 is 5.73 Å². The van der Waals surface area contributed by atoms with Crippen molar-refractivity contribution in [1.29, 1.82) is 0 Å². The number of aliphatic hydroxyl groups is 1. The quantitative estimate of drug-likeness (QED) is 0.648. The average molecular weight is 443 g/mol. The molecule has 3 aliphatic rings. The number of benzene rings is 2. The number of amides is 1. The minimum atomic E-state index is -0.383. The molecule has 2 saturated carbocycles. The molecule has 0 aromatic heterocycles. The van der Waals surface area contributed by atoms with Crippen molar-refractivity contribution >= 4 is 13.8 Å². The van der Waals surface area contributed by atoms with Gasteiger partial charge in [0.2, 0.25) is 5.91 Å². The summed E-state index contributed by atoms with van der Waals surface area (Å²) in [5.41, 5.74) is 11.9. The van der Waals surface area contributed by atoms with E-state index in [1.165, 1.54) is 44.0 Å². The van der Waals surface area contributed by atoms with Gasteiger partial charge in [-0.25, -0.2) is 0 Å². The third-order valence-corrected chi connectivity index (χ3v) is 9.44. The Balaban J connectivity index is 1.36. The highest BCUT2D eigenvalue weighted by Crippen LogP contribution is 2.62. The molecule has 6 atom stereocenters. The minimum Gasteiger partial charge on any atom is -0.392 e. The summed E-state index contributed by atoms with van der Waals surface area (Å²) in [6.45, 7) is 2.35. The molecule has 0 saturated heterocycles. The summed E-state index contributed by atoms with van der Waals surface area (Å²) < 4.78 is 0. The lowest BCUT2D eigenvalue weighted by Crippen LogP contribution is -2.44. The zero-order valence-corrected chi connectivity index (χ0v) is 20.2. The number of carbonyl (C=O) groups is 1. The second kappa shape index (κ2) is 8.94. The molecule has 3 nitrogen and oxygen atoms in total. The number of nitrogens with two attached hydrogens (primary N) is 1.